The van der Waals surface area contributed by atoms with Gasteiger partial charge in [0.15, 0.2) is 5.82 Å². The Morgan fingerprint density at radius 1 is 1.43 bits per heavy atom. The van der Waals surface area contributed by atoms with Crippen molar-refractivity contribution in [3.8, 4) is 0 Å². The third kappa shape index (κ3) is 3.84. The number of aromatic nitrogens is 2. The number of nitrogens with one attached hydrogen (secondary N) is 2. The van der Waals surface area contributed by atoms with Crippen molar-refractivity contribution in [3.63, 3.8) is 0 Å². The summed E-state index contributed by atoms with van der Waals surface area (Å²) >= 11 is 3.27. The number of pyridine rings is 1. The first-order valence-corrected chi connectivity index (χ1v) is 8.71. The van der Waals surface area contributed by atoms with Crippen molar-refractivity contribution in [2.75, 3.05) is 11.3 Å². The fraction of sp³-hybridized carbons (Fsp3) is 0.308. The lowest BCUT2D eigenvalue weighted by molar-refractivity contribution is 0.601. The van der Waals surface area contributed by atoms with Crippen LogP contribution < -0.4 is 10.0 Å². The molecule has 0 amide bonds. The highest BCUT2D eigenvalue weighted by atomic mass is 79.9. The summed E-state index contributed by atoms with van der Waals surface area (Å²) < 4.78 is 29.6. The van der Waals surface area contributed by atoms with Gasteiger partial charge in [-0.1, -0.05) is 6.92 Å². The average Bonchev–Trinajstić information content (AvgIpc) is 2.81. The van der Waals surface area contributed by atoms with Gasteiger partial charge in [-0.3, -0.25) is 4.72 Å². The van der Waals surface area contributed by atoms with Gasteiger partial charge in [-0.2, -0.15) is 0 Å². The van der Waals surface area contributed by atoms with Crippen LogP contribution >= 0.6 is 15.9 Å². The molecule has 0 radical (unpaired) electrons. The summed E-state index contributed by atoms with van der Waals surface area (Å²) in [7, 11) is -1.83. The molecule has 8 heteroatoms. The van der Waals surface area contributed by atoms with E-state index >= 15 is 0 Å². The molecular formula is C13H17BrN4O2S. The molecule has 2 aromatic heterocycles. The number of rotatable bonds is 6. The minimum Gasteiger partial charge on any atom is -0.352 e. The predicted octanol–water partition coefficient (Wildman–Crippen LogP) is 2.09. The van der Waals surface area contributed by atoms with E-state index in [2.05, 4.69) is 31.0 Å². The SMILES string of the molecule is CCNCc1cc(S(=O)(=O)Nc2ncccc2Br)cn1C. The van der Waals surface area contributed by atoms with Crippen molar-refractivity contribution in [3.05, 3.63) is 40.8 Å². The fourth-order valence-corrected chi connectivity index (χ4v) is 3.41. The van der Waals surface area contributed by atoms with Gasteiger partial charge in [0, 0.05) is 31.7 Å². The van der Waals surface area contributed by atoms with E-state index in [0.717, 1.165) is 12.2 Å². The zero-order chi connectivity index (χ0) is 15.5. The number of aryl methyl sites for hydroxylation is 1. The van der Waals surface area contributed by atoms with Crippen LogP contribution in [-0.2, 0) is 23.6 Å². The zero-order valence-corrected chi connectivity index (χ0v) is 14.2. The number of hydrogen-bond donors (Lipinski definition) is 2. The van der Waals surface area contributed by atoms with Crippen LogP contribution in [0.3, 0.4) is 0 Å². The summed E-state index contributed by atoms with van der Waals surface area (Å²) in [5.74, 6) is 0.273. The Morgan fingerprint density at radius 2 is 2.19 bits per heavy atom. The highest BCUT2D eigenvalue weighted by Crippen LogP contribution is 2.22. The Kier molecular flexibility index (Phi) is 5.02. The smallest absolute Gasteiger partial charge is 0.264 e. The van der Waals surface area contributed by atoms with Gasteiger partial charge in [0.2, 0.25) is 0 Å². The normalized spacial score (nSPS) is 11.6. The fourth-order valence-electron chi connectivity index (χ4n) is 1.80. The van der Waals surface area contributed by atoms with Crippen LogP contribution in [-0.4, -0.2) is 24.5 Å². The van der Waals surface area contributed by atoms with Crippen LogP contribution in [0.2, 0.25) is 0 Å². The largest absolute Gasteiger partial charge is 0.352 e. The molecule has 6 nitrogen and oxygen atoms in total. The summed E-state index contributed by atoms with van der Waals surface area (Å²) in [6.45, 7) is 3.45. The minimum atomic E-state index is -3.65. The second-order valence-corrected chi connectivity index (χ2v) is 7.03. The van der Waals surface area contributed by atoms with Gasteiger partial charge >= 0.3 is 0 Å². The number of halogens is 1. The third-order valence-corrected chi connectivity index (χ3v) is 4.88. The Morgan fingerprint density at radius 3 is 2.86 bits per heavy atom. The lowest BCUT2D eigenvalue weighted by Gasteiger charge is -2.06. The van der Waals surface area contributed by atoms with Crippen LogP contribution in [0, 0.1) is 0 Å². The Balaban J connectivity index is 2.26. The maximum Gasteiger partial charge on any atom is 0.264 e. The van der Waals surface area contributed by atoms with E-state index in [9.17, 15) is 8.42 Å². The van der Waals surface area contributed by atoms with E-state index in [1.807, 2.05) is 14.0 Å². The number of hydrogen-bond acceptors (Lipinski definition) is 4. The van der Waals surface area contributed by atoms with E-state index < -0.39 is 10.0 Å². The van der Waals surface area contributed by atoms with E-state index in [0.29, 0.717) is 11.0 Å². The molecule has 2 aromatic rings. The molecule has 2 N–H and O–H groups in total. The summed E-state index contributed by atoms with van der Waals surface area (Å²) in [4.78, 5) is 4.23. The molecule has 0 aromatic carbocycles. The minimum absolute atomic E-state index is 0.218. The summed E-state index contributed by atoms with van der Waals surface area (Å²) in [6.07, 6.45) is 3.12. The van der Waals surface area contributed by atoms with Gasteiger partial charge in [0.05, 0.1) is 4.47 Å². The second-order valence-electron chi connectivity index (χ2n) is 4.50. The topological polar surface area (TPSA) is 76.0 Å². The van der Waals surface area contributed by atoms with Gasteiger partial charge in [0.1, 0.15) is 4.90 Å². The van der Waals surface area contributed by atoms with Gasteiger partial charge in [-0.15, -0.1) is 0 Å². The lowest BCUT2D eigenvalue weighted by Crippen LogP contribution is -2.14. The van der Waals surface area contributed by atoms with Crippen LogP contribution in [0.1, 0.15) is 12.6 Å². The quantitative estimate of drug-likeness (QED) is 0.813. The predicted molar refractivity (Wildman–Crippen MR) is 85.5 cm³/mol. The molecular weight excluding hydrogens is 356 g/mol. The van der Waals surface area contributed by atoms with Crippen molar-refractivity contribution in [2.45, 2.75) is 18.4 Å². The molecule has 0 saturated carbocycles. The van der Waals surface area contributed by atoms with Crippen LogP contribution in [0.15, 0.2) is 40.0 Å². The molecule has 0 fully saturated rings. The Labute approximate surface area is 132 Å². The standard InChI is InChI=1S/C13H17BrN4O2S/c1-3-15-8-10-7-11(9-18(10)2)21(19,20)17-13-12(14)5-4-6-16-13/h4-7,9,15H,3,8H2,1-2H3,(H,16,17). The molecule has 0 bridgehead atoms. The van der Waals surface area contributed by atoms with Crippen LogP contribution in [0.5, 0.6) is 0 Å². The highest BCUT2D eigenvalue weighted by molar-refractivity contribution is 9.10. The summed E-state index contributed by atoms with van der Waals surface area (Å²) in [5, 5.41) is 3.17. The molecule has 0 unspecified atom stereocenters. The molecule has 0 aliphatic carbocycles. The molecule has 21 heavy (non-hydrogen) atoms. The Hall–Kier alpha value is -1.38. The molecule has 0 aliphatic rings. The van der Waals surface area contributed by atoms with Crippen molar-refractivity contribution < 1.29 is 8.42 Å². The monoisotopic (exact) mass is 372 g/mol. The Bertz CT molecular complexity index is 728. The summed E-state index contributed by atoms with van der Waals surface area (Å²) in [6, 6.07) is 5.10. The molecule has 114 valence electrons. The number of nitrogens with zero attached hydrogens (tertiary/aromatic N) is 2. The first-order valence-electron chi connectivity index (χ1n) is 6.43. The highest BCUT2D eigenvalue weighted by Gasteiger charge is 2.19. The van der Waals surface area contributed by atoms with Crippen LogP contribution in [0.4, 0.5) is 5.82 Å². The molecule has 2 heterocycles. The van der Waals surface area contributed by atoms with Crippen molar-refractivity contribution in [1.29, 1.82) is 0 Å². The van der Waals surface area contributed by atoms with E-state index in [1.54, 1.807) is 29.0 Å². The van der Waals surface area contributed by atoms with Crippen molar-refractivity contribution >= 4 is 31.8 Å². The summed E-state index contributed by atoms with van der Waals surface area (Å²) in [5.41, 5.74) is 0.900. The average molecular weight is 373 g/mol. The van der Waals surface area contributed by atoms with Crippen LogP contribution in [0.25, 0.3) is 0 Å². The maximum absolute atomic E-state index is 12.4. The number of sulfonamides is 1. The van der Waals surface area contributed by atoms with E-state index in [-0.39, 0.29) is 10.7 Å². The molecule has 0 spiro atoms. The zero-order valence-electron chi connectivity index (χ0n) is 11.8. The molecule has 2 rings (SSSR count). The lowest BCUT2D eigenvalue weighted by atomic mass is 10.4. The van der Waals surface area contributed by atoms with Gasteiger partial charge < -0.3 is 9.88 Å². The maximum atomic E-state index is 12.4. The van der Waals surface area contributed by atoms with Crippen molar-refractivity contribution in [2.24, 2.45) is 7.05 Å². The third-order valence-electron chi connectivity index (χ3n) is 2.94. The van der Waals surface area contributed by atoms with Gasteiger partial charge in [-0.25, -0.2) is 13.4 Å². The molecule has 0 saturated heterocycles. The molecule has 0 atom stereocenters. The molecule has 0 aliphatic heterocycles. The first kappa shape index (κ1) is 16.0. The van der Waals surface area contributed by atoms with E-state index in [4.69, 9.17) is 0 Å². The van der Waals surface area contributed by atoms with E-state index in [1.165, 1.54) is 6.20 Å². The number of anilines is 1. The van der Waals surface area contributed by atoms with Gasteiger partial charge in [0.25, 0.3) is 10.0 Å². The first-order chi connectivity index (χ1) is 9.94. The van der Waals surface area contributed by atoms with Gasteiger partial charge in [-0.05, 0) is 40.7 Å². The van der Waals surface area contributed by atoms with Crippen molar-refractivity contribution in [1.82, 2.24) is 14.9 Å². The second kappa shape index (κ2) is 6.59.